The van der Waals surface area contributed by atoms with Crippen LogP contribution in [0.4, 0.5) is 9.59 Å². The minimum atomic E-state index is -0.611. The summed E-state index contributed by atoms with van der Waals surface area (Å²) in [5, 5.41) is 0. The summed E-state index contributed by atoms with van der Waals surface area (Å²) in [6, 6.07) is 13.1. The Morgan fingerprint density at radius 3 is 2.40 bits per heavy atom. The Hall–Kier alpha value is -3.13. The van der Waals surface area contributed by atoms with Gasteiger partial charge >= 0.3 is 12.2 Å². The number of rotatable bonds is 6. The molecule has 0 unspecified atom stereocenters. The van der Waals surface area contributed by atoms with Gasteiger partial charge in [-0.1, -0.05) is 18.2 Å². The van der Waals surface area contributed by atoms with Crippen LogP contribution in [0.5, 0.6) is 11.5 Å². The van der Waals surface area contributed by atoms with Crippen LogP contribution in [0, 0.1) is 0 Å². The standard InChI is InChI=1S/C27H34N2O5S/c1-27(2,3)34-26(31)29-16-7-8-19-18-21(33-25(30)28(4)5)11-14-23(19)24(29)15-17-32-20-9-12-22(35-6)13-10-20/h7-14,18,24H,15-17H2,1-6H3/t24-/m1/s1. The van der Waals surface area contributed by atoms with Gasteiger partial charge in [0.15, 0.2) is 0 Å². The Bertz CT molecular complexity index is 1060. The summed E-state index contributed by atoms with van der Waals surface area (Å²) >= 11 is 1.68. The van der Waals surface area contributed by atoms with E-state index >= 15 is 0 Å². The van der Waals surface area contributed by atoms with Crippen LogP contribution in [0.1, 0.15) is 44.4 Å². The van der Waals surface area contributed by atoms with Crippen molar-refractivity contribution in [3.8, 4) is 11.5 Å². The number of fused-ring (bicyclic) bond motifs is 1. The van der Waals surface area contributed by atoms with Gasteiger partial charge in [-0.25, -0.2) is 9.59 Å². The lowest BCUT2D eigenvalue weighted by Gasteiger charge is -2.33. The molecule has 8 heteroatoms. The summed E-state index contributed by atoms with van der Waals surface area (Å²) in [5.41, 5.74) is 1.21. The molecular formula is C27H34N2O5S. The van der Waals surface area contributed by atoms with Crippen molar-refractivity contribution in [2.75, 3.05) is 33.5 Å². The average Bonchev–Trinajstić information content (AvgIpc) is 2.97. The minimum Gasteiger partial charge on any atom is -0.494 e. The van der Waals surface area contributed by atoms with Gasteiger partial charge in [-0.15, -0.1) is 11.8 Å². The zero-order valence-corrected chi connectivity index (χ0v) is 22.1. The Kier molecular flexibility index (Phi) is 8.72. The molecule has 1 atom stereocenters. The first-order valence-electron chi connectivity index (χ1n) is 11.5. The van der Waals surface area contributed by atoms with Gasteiger partial charge in [0.25, 0.3) is 0 Å². The van der Waals surface area contributed by atoms with Gasteiger partial charge < -0.3 is 19.1 Å². The highest BCUT2D eigenvalue weighted by Gasteiger charge is 2.31. The maximum absolute atomic E-state index is 13.1. The summed E-state index contributed by atoms with van der Waals surface area (Å²) < 4.78 is 17.2. The number of nitrogens with zero attached hydrogens (tertiary/aromatic N) is 2. The molecule has 0 aromatic heterocycles. The second kappa shape index (κ2) is 11.5. The number of hydrogen-bond donors (Lipinski definition) is 0. The molecular weight excluding hydrogens is 464 g/mol. The SMILES string of the molecule is CSc1ccc(OCC[C@@H]2c3ccc(OC(=O)N(C)C)cc3C=CCN2C(=O)OC(C)(C)C)cc1. The van der Waals surface area contributed by atoms with Crippen molar-refractivity contribution in [3.05, 3.63) is 59.7 Å². The van der Waals surface area contributed by atoms with Gasteiger partial charge in [-0.2, -0.15) is 0 Å². The van der Waals surface area contributed by atoms with Crippen molar-refractivity contribution in [2.45, 2.75) is 43.7 Å². The van der Waals surface area contributed by atoms with E-state index in [2.05, 4.69) is 0 Å². The summed E-state index contributed by atoms with van der Waals surface area (Å²) in [6.07, 6.45) is 5.63. The number of ether oxygens (including phenoxy) is 3. The van der Waals surface area contributed by atoms with Crippen LogP contribution in [0.2, 0.25) is 0 Å². The summed E-state index contributed by atoms with van der Waals surface area (Å²) in [4.78, 5) is 29.4. The molecule has 0 aliphatic carbocycles. The van der Waals surface area contributed by atoms with E-state index in [0.717, 1.165) is 16.9 Å². The Morgan fingerprint density at radius 1 is 1.09 bits per heavy atom. The Labute approximate surface area is 212 Å². The van der Waals surface area contributed by atoms with E-state index < -0.39 is 11.7 Å². The van der Waals surface area contributed by atoms with Crippen molar-refractivity contribution in [3.63, 3.8) is 0 Å². The zero-order valence-electron chi connectivity index (χ0n) is 21.2. The molecule has 2 aromatic rings. The lowest BCUT2D eigenvalue weighted by atomic mass is 9.97. The summed E-state index contributed by atoms with van der Waals surface area (Å²) in [7, 11) is 3.27. The molecule has 0 bridgehead atoms. The molecule has 0 N–H and O–H groups in total. The van der Waals surface area contributed by atoms with Crippen LogP contribution >= 0.6 is 11.8 Å². The van der Waals surface area contributed by atoms with E-state index in [-0.39, 0.29) is 12.1 Å². The molecule has 1 heterocycles. The van der Waals surface area contributed by atoms with Crippen molar-refractivity contribution in [1.82, 2.24) is 9.80 Å². The highest BCUT2D eigenvalue weighted by molar-refractivity contribution is 7.98. The number of thioether (sulfide) groups is 1. The van der Waals surface area contributed by atoms with Crippen LogP contribution in [0.3, 0.4) is 0 Å². The van der Waals surface area contributed by atoms with E-state index in [1.807, 2.05) is 75.6 Å². The third kappa shape index (κ3) is 7.42. The topological polar surface area (TPSA) is 68.3 Å². The minimum absolute atomic E-state index is 0.279. The first-order chi connectivity index (χ1) is 16.6. The van der Waals surface area contributed by atoms with E-state index in [0.29, 0.717) is 25.3 Å². The molecule has 0 fully saturated rings. The fraction of sp³-hybridized carbons (Fsp3) is 0.407. The van der Waals surface area contributed by atoms with Crippen molar-refractivity contribution in [2.24, 2.45) is 0 Å². The quantitative estimate of drug-likeness (QED) is 0.439. The van der Waals surface area contributed by atoms with Gasteiger partial charge in [0.2, 0.25) is 0 Å². The van der Waals surface area contributed by atoms with Gasteiger partial charge in [-0.05, 0) is 74.6 Å². The fourth-order valence-electron chi connectivity index (χ4n) is 3.64. The fourth-order valence-corrected chi connectivity index (χ4v) is 4.05. The number of hydrogen-bond acceptors (Lipinski definition) is 6. The van der Waals surface area contributed by atoms with Crippen LogP contribution in [0.25, 0.3) is 6.08 Å². The zero-order chi connectivity index (χ0) is 25.6. The first-order valence-corrected chi connectivity index (χ1v) is 12.8. The van der Waals surface area contributed by atoms with E-state index in [1.165, 1.54) is 9.80 Å². The molecule has 35 heavy (non-hydrogen) atoms. The number of carbonyl (C=O) groups excluding carboxylic acids is 2. The molecule has 1 aliphatic rings. The molecule has 0 spiro atoms. The van der Waals surface area contributed by atoms with Crippen molar-refractivity contribution < 1.29 is 23.8 Å². The largest absolute Gasteiger partial charge is 0.494 e. The molecule has 7 nitrogen and oxygen atoms in total. The predicted octanol–water partition coefficient (Wildman–Crippen LogP) is 6.24. The lowest BCUT2D eigenvalue weighted by Crippen LogP contribution is -2.39. The third-order valence-corrected chi connectivity index (χ3v) is 6.05. The molecule has 2 amide bonds. The number of benzene rings is 2. The van der Waals surface area contributed by atoms with Gasteiger partial charge in [0.05, 0.1) is 12.6 Å². The Balaban J connectivity index is 1.84. The van der Waals surface area contributed by atoms with Crippen LogP contribution in [-0.2, 0) is 4.74 Å². The number of amides is 2. The van der Waals surface area contributed by atoms with Crippen molar-refractivity contribution >= 4 is 30.0 Å². The maximum Gasteiger partial charge on any atom is 0.414 e. The second-order valence-electron chi connectivity index (χ2n) is 9.42. The smallest absolute Gasteiger partial charge is 0.414 e. The number of carbonyl (C=O) groups is 2. The van der Waals surface area contributed by atoms with Gasteiger partial charge in [0.1, 0.15) is 17.1 Å². The predicted molar refractivity (Wildman–Crippen MR) is 139 cm³/mol. The molecule has 3 rings (SSSR count). The third-order valence-electron chi connectivity index (χ3n) is 5.31. The second-order valence-corrected chi connectivity index (χ2v) is 10.3. The van der Waals surface area contributed by atoms with Crippen LogP contribution < -0.4 is 9.47 Å². The molecule has 0 saturated heterocycles. The lowest BCUT2D eigenvalue weighted by molar-refractivity contribution is 0.0167. The van der Waals surface area contributed by atoms with Crippen molar-refractivity contribution in [1.29, 1.82) is 0 Å². The Morgan fingerprint density at radius 2 is 1.77 bits per heavy atom. The molecule has 188 valence electrons. The van der Waals surface area contributed by atoms with E-state index in [4.69, 9.17) is 14.2 Å². The molecule has 0 radical (unpaired) electrons. The monoisotopic (exact) mass is 498 g/mol. The maximum atomic E-state index is 13.1. The normalized spacial score (nSPS) is 15.1. The van der Waals surface area contributed by atoms with E-state index in [9.17, 15) is 9.59 Å². The highest BCUT2D eigenvalue weighted by Crippen LogP contribution is 2.34. The molecule has 1 aliphatic heterocycles. The summed E-state index contributed by atoms with van der Waals surface area (Å²) in [5.74, 6) is 1.23. The summed E-state index contributed by atoms with van der Waals surface area (Å²) in [6.45, 7) is 6.37. The van der Waals surface area contributed by atoms with E-state index in [1.54, 1.807) is 36.8 Å². The van der Waals surface area contributed by atoms with Crippen LogP contribution in [0.15, 0.2) is 53.4 Å². The van der Waals surface area contributed by atoms with Gasteiger partial charge in [-0.3, -0.25) is 4.90 Å². The highest BCUT2D eigenvalue weighted by atomic mass is 32.2. The molecule has 0 saturated carbocycles. The molecule has 2 aromatic carbocycles. The van der Waals surface area contributed by atoms with Gasteiger partial charge in [0, 0.05) is 32.0 Å². The average molecular weight is 499 g/mol. The van der Waals surface area contributed by atoms with Crippen LogP contribution in [-0.4, -0.2) is 61.1 Å². The first kappa shape index (κ1) is 26.5.